The first-order valence-corrected chi connectivity index (χ1v) is 7.84. The second kappa shape index (κ2) is 7.78. The van der Waals surface area contributed by atoms with E-state index in [9.17, 15) is 9.59 Å². The number of aryl methyl sites for hydroxylation is 1. The average Bonchev–Trinajstić information content (AvgIpc) is 2.53. The molecule has 0 heterocycles. The average molecular weight is 377 g/mol. The van der Waals surface area contributed by atoms with Gasteiger partial charge in [-0.15, -0.1) is 0 Å². The Bertz CT molecular complexity index is 701. The Morgan fingerprint density at radius 1 is 1.09 bits per heavy atom. The number of rotatable bonds is 4. The monoisotopic (exact) mass is 376 g/mol. The zero-order valence-corrected chi connectivity index (χ0v) is 14.4. The van der Waals surface area contributed by atoms with E-state index in [0.717, 1.165) is 10.0 Å². The lowest BCUT2D eigenvalue weighted by Gasteiger charge is -2.15. The standard InChI is InChI=1S/C17H17BrN2O3/c1-11-6-8-13(9-7-11)17(22)20-19-16(21)12(2)23-15-5-3-4-14(18)10-15/h3-10,12H,1-2H3,(H,19,21)(H,20,22)/t12-/m1/s1. The van der Waals surface area contributed by atoms with Gasteiger partial charge in [0.05, 0.1) is 0 Å². The molecule has 2 rings (SSSR count). The summed E-state index contributed by atoms with van der Waals surface area (Å²) in [6, 6.07) is 14.2. The van der Waals surface area contributed by atoms with Gasteiger partial charge < -0.3 is 4.74 Å². The van der Waals surface area contributed by atoms with E-state index in [4.69, 9.17) is 4.74 Å². The minimum atomic E-state index is -0.748. The van der Waals surface area contributed by atoms with Crippen LogP contribution in [0.2, 0.25) is 0 Å². The highest BCUT2D eigenvalue weighted by atomic mass is 79.9. The molecular weight excluding hydrogens is 360 g/mol. The maximum absolute atomic E-state index is 12.0. The highest BCUT2D eigenvalue weighted by Gasteiger charge is 2.16. The first-order valence-electron chi connectivity index (χ1n) is 7.05. The third-order valence-electron chi connectivity index (χ3n) is 3.09. The maximum atomic E-state index is 12.0. The van der Waals surface area contributed by atoms with Crippen LogP contribution >= 0.6 is 15.9 Å². The van der Waals surface area contributed by atoms with Crippen molar-refractivity contribution in [3.8, 4) is 5.75 Å². The molecule has 23 heavy (non-hydrogen) atoms. The molecule has 120 valence electrons. The molecule has 0 bridgehead atoms. The molecule has 5 nitrogen and oxygen atoms in total. The third kappa shape index (κ3) is 5.10. The van der Waals surface area contributed by atoms with Gasteiger partial charge in [-0.2, -0.15) is 0 Å². The first kappa shape index (κ1) is 17.0. The van der Waals surface area contributed by atoms with Gasteiger partial charge in [0, 0.05) is 10.0 Å². The van der Waals surface area contributed by atoms with Gasteiger partial charge in [-0.25, -0.2) is 0 Å². The number of ether oxygens (including phenoxy) is 1. The van der Waals surface area contributed by atoms with Crippen molar-refractivity contribution in [2.24, 2.45) is 0 Å². The number of carbonyl (C=O) groups excluding carboxylic acids is 2. The Morgan fingerprint density at radius 2 is 1.78 bits per heavy atom. The van der Waals surface area contributed by atoms with Crippen LogP contribution in [0.4, 0.5) is 0 Å². The van der Waals surface area contributed by atoms with Crippen LogP contribution in [0.5, 0.6) is 5.75 Å². The van der Waals surface area contributed by atoms with Crippen LogP contribution in [0.15, 0.2) is 53.0 Å². The van der Waals surface area contributed by atoms with E-state index in [0.29, 0.717) is 11.3 Å². The molecule has 0 aliphatic heterocycles. The minimum absolute atomic E-state index is 0.381. The van der Waals surface area contributed by atoms with Crippen molar-refractivity contribution >= 4 is 27.7 Å². The lowest BCUT2D eigenvalue weighted by Crippen LogP contribution is -2.47. The van der Waals surface area contributed by atoms with Crippen LogP contribution < -0.4 is 15.6 Å². The fourth-order valence-corrected chi connectivity index (χ4v) is 2.17. The number of nitrogens with one attached hydrogen (secondary N) is 2. The van der Waals surface area contributed by atoms with Gasteiger partial charge >= 0.3 is 0 Å². The van der Waals surface area contributed by atoms with Gasteiger partial charge in [0.25, 0.3) is 11.8 Å². The number of benzene rings is 2. The molecule has 0 fully saturated rings. The van der Waals surface area contributed by atoms with Gasteiger partial charge in [-0.1, -0.05) is 39.7 Å². The van der Waals surface area contributed by atoms with Crippen molar-refractivity contribution in [2.45, 2.75) is 20.0 Å². The first-order chi connectivity index (χ1) is 11.0. The zero-order chi connectivity index (χ0) is 16.8. The summed E-state index contributed by atoms with van der Waals surface area (Å²) < 4.78 is 6.37. The van der Waals surface area contributed by atoms with Crippen LogP contribution in [-0.4, -0.2) is 17.9 Å². The van der Waals surface area contributed by atoms with Crippen molar-refractivity contribution in [3.05, 3.63) is 64.1 Å². The van der Waals surface area contributed by atoms with Gasteiger partial charge in [0.15, 0.2) is 6.10 Å². The summed E-state index contributed by atoms with van der Waals surface area (Å²) in [4.78, 5) is 23.9. The van der Waals surface area contributed by atoms with Gasteiger partial charge in [-0.05, 0) is 44.2 Å². The summed E-state index contributed by atoms with van der Waals surface area (Å²) in [5.74, 6) is -0.259. The second-order valence-electron chi connectivity index (χ2n) is 5.03. The highest BCUT2D eigenvalue weighted by Crippen LogP contribution is 2.18. The Hall–Kier alpha value is -2.34. The Labute approximate surface area is 143 Å². The van der Waals surface area contributed by atoms with E-state index in [2.05, 4.69) is 26.8 Å². The highest BCUT2D eigenvalue weighted by molar-refractivity contribution is 9.10. The SMILES string of the molecule is Cc1ccc(C(=O)NNC(=O)[C@@H](C)Oc2cccc(Br)c2)cc1. The van der Waals surface area contributed by atoms with Crippen LogP contribution in [0.25, 0.3) is 0 Å². The molecule has 1 atom stereocenters. The lowest BCUT2D eigenvalue weighted by atomic mass is 10.1. The molecule has 2 amide bonds. The number of halogens is 1. The molecule has 2 aromatic rings. The third-order valence-corrected chi connectivity index (χ3v) is 3.58. The molecule has 6 heteroatoms. The molecular formula is C17H17BrN2O3. The van der Waals surface area contributed by atoms with Crippen molar-refractivity contribution in [3.63, 3.8) is 0 Å². The van der Waals surface area contributed by atoms with E-state index in [1.165, 1.54) is 0 Å². The zero-order valence-electron chi connectivity index (χ0n) is 12.8. The summed E-state index contributed by atoms with van der Waals surface area (Å²) >= 11 is 3.33. The number of hydrazine groups is 1. The van der Waals surface area contributed by atoms with Crippen LogP contribution in [0.3, 0.4) is 0 Å². The Balaban J connectivity index is 1.86. The van der Waals surface area contributed by atoms with Crippen molar-refractivity contribution in [1.29, 1.82) is 0 Å². The molecule has 2 N–H and O–H groups in total. The number of hydrogen-bond donors (Lipinski definition) is 2. The Kier molecular flexibility index (Phi) is 5.76. The number of amides is 2. The fraction of sp³-hybridized carbons (Fsp3) is 0.176. The van der Waals surface area contributed by atoms with Gasteiger partial charge in [0.1, 0.15) is 5.75 Å². The molecule has 0 aliphatic carbocycles. The summed E-state index contributed by atoms with van der Waals surface area (Å²) in [6.45, 7) is 3.54. The molecule has 0 saturated carbocycles. The minimum Gasteiger partial charge on any atom is -0.481 e. The normalized spacial score (nSPS) is 11.4. The molecule has 0 radical (unpaired) electrons. The number of hydrogen-bond acceptors (Lipinski definition) is 3. The maximum Gasteiger partial charge on any atom is 0.279 e. The molecule has 0 aromatic heterocycles. The van der Waals surface area contributed by atoms with E-state index >= 15 is 0 Å². The quantitative estimate of drug-likeness (QED) is 0.806. The topological polar surface area (TPSA) is 67.4 Å². The van der Waals surface area contributed by atoms with E-state index in [-0.39, 0.29) is 5.91 Å². The smallest absolute Gasteiger partial charge is 0.279 e. The molecule has 0 spiro atoms. The van der Waals surface area contributed by atoms with Crippen molar-refractivity contribution in [1.82, 2.24) is 10.9 Å². The van der Waals surface area contributed by atoms with Crippen LogP contribution in [-0.2, 0) is 4.79 Å². The second-order valence-corrected chi connectivity index (χ2v) is 5.94. The van der Waals surface area contributed by atoms with E-state index < -0.39 is 12.0 Å². The van der Waals surface area contributed by atoms with Gasteiger partial charge in [-0.3, -0.25) is 20.4 Å². The Morgan fingerprint density at radius 3 is 2.43 bits per heavy atom. The van der Waals surface area contributed by atoms with Gasteiger partial charge in [0.2, 0.25) is 0 Å². The van der Waals surface area contributed by atoms with Crippen LogP contribution in [0, 0.1) is 6.92 Å². The fourth-order valence-electron chi connectivity index (χ4n) is 1.80. The summed E-state index contributed by atoms with van der Waals surface area (Å²) in [5.41, 5.74) is 6.25. The summed E-state index contributed by atoms with van der Waals surface area (Å²) in [6.07, 6.45) is -0.748. The molecule has 0 saturated heterocycles. The van der Waals surface area contributed by atoms with Crippen molar-refractivity contribution in [2.75, 3.05) is 0 Å². The largest absolute Gasteiger partial charge is 0.481 e. The predicted molar refractivity (Wildman–Crippen MR) is 91.0 cm³/mol. The summed E-state index contributed by atoms with van der Waals surface area (Å²) in [7, 11) is 0. The predicted octanol–water partition coefficient (Wildman–Crippen LogP) is 2.99. The van der Waals surface area contributed by atoms with E-state index in [1.807, 2.05) is 31.2 Å². The van der Waals surface area contributed by atoms with Crippen molar-refractivity contribution < 1.29 is 14.3 Å². The van der Waals surface area contributed by atoms with Crippen LogP contribution in [0.1, 0.15) is 22.8 Å². The molecule has 2 aromatic carbocycles. The van der Waals surface area contributed by atoms with E-state index in [1.54, 1.807) is 31.2 Å². The molecule has 0 unspecified atom stereocenters. The molecule has 0 aliphatic rings. The lowest BCUT2D eigenvalue weighted by molar-refractivity contribution is -0.128. The number of carbonyl (C=O) groups is 2. The summed E-state index contributed by atoms with van der Waals surface area (Å²) in [5, 5.41) is 0.